The summed E-state index contributed by atoms with van der Waals surface area (Å²) in [4.78, 5) is 25.7. The second kappa shape index (κ2) is 7.60. The van der Waals surface area contributed by atoms with E-state index in [1.807, 2.05) is 13.8 Å². The Morgan fingerprint density at radius 2 is 2.11 bits per heavy atom. The standard InChI is InChI=1S/C14H27N3O2/c1-5-17(12-6-7-15-8-12)9-13(19)16-14(10(2)3)11(4)18/h10,12,14-15H,5-9H2,1-4H3,(H,16,19). The summed E-state index contributed by atoms with van der Waals surface area (Å²) in [6.07, 6.45) is 1.08. The number of hydrogen-bond donors (Lipinski definition) is 2. The van der Waals surface area contributed by atoms with E-state index in [-0.39, 0.29) is 23.7 Å². The van der Waals surface area contributed by atoms with Crippen molar-refractivity contribution in [2.24, 2.45) is 5.92 Å². The molecule has 0 saturated carbocycles. The monoisotopic (exact) mass is 269 g/mol. The molecule has 2 atom stereocenters. The second-order valence-corrected chi connectivity index (χ2v) is 5.61. The molecule has 1 saturated heterocycles. The number of ketones is 1. The van der Waals surface area contributed by atoms with Crippen molar-refractivity contribution in [1.29, 1.82) is 0 Å². The maximum absolute atomic E-state index is 12.1. The van der Waals surface area contributed by atoms with Crippen molar-refractivity contribution in [3.8, 4) is 0 Å². The molecule has 0 aromatic heterocycles. The Bertz CT molecular complexity index is 312. The number of amides is 1. The SMILES string of the molecule is CCN(CC(=O)NC(C(C)=O)C(C)C)C1CCNC1. The van der Waals surface area contributed by atoms with Crippen LogP contribution in [0.5, 0.6) is 0 Å². The minimum Gasteiger partial charge on any atom is -0.345 e. The Kier molecular flexibility index (Phi) is 6.45. The molecule has 5 nitrogen and oxygen atoms in total. The lowest BCUT2D eigenvalue weighted by Crippen LogP contribution is -2.49. The van der Waals surface area contributed by atoms with E-state index in [0.717, 1.165) is 26.1 Å². The van der Waals surface area contributed by atoms with Gasteiger partial charge in [0.2, 0.25) is 5.91 Å². The first-order valence-electron chi connectivity index (χ1n) is 7.20. The Morgan fingerprint density at radius 1 is 1.42 bits per heavy atom. The van der Waals surface area contributed by atoms with Gasteiger partial charge in [-0.2, -0.15) is 0 Å². The number of nitrogens with zero attached hydrogens (tertiary/aromatic N) is 1. The number of hydrogen-bond acceptors (Lipinski definition) is 4. The summed E-state index contributed by atoms with van der Waals surface area (Å²) in [5, 5.41) is 6.16. The van der Waals surface area contributed by atoms with Gasteiger partial charge in [0, 0.05) is 12.6 Å². The van der Waals surface area contributed by atoms with Crippen LogP contribution in [0.25, 0.3) is 0 Å². The van der Waals surface area contributed by atoms with Gasteiger partial charge in [0.25, 0.3) is 0 Å². The van der Waals surface area contributed by atoms with Gasteiger partial charge in [0.15, 0.2) is 5.78 Å². The summed E-state index contributed by atoms with van der Waals surface area (Å²) in [5.41, 5.74) is 0. The first-order valence-corrected chi connectivity index (χ1v) is 7.20. The highest BCUT2D eigenvalue weighted by atomic mass is 16.2. The molecule has 2 N–H and O–H groups in total. The molecule has 1 heterocycles. The predicted molar refractivity (Wildman–Crippen MR) is 76.0 cm³/mol. The smallest absolute Gasteiger partial charge is 0.234 e. The Morgan fingerprint density at radius 3 is 2.53 bits per heavy atom. The lowest BCUT2D eigenvalue weighted by Gasteiger charge is -2.27. The van der Waals surface area contributed by atoms with Crippen LogP contribution in [0.4, 0.5) is 0 Å². The number of nitrogens with one attached hydrogen (secondary N) is 2. The van der Waals surface area contributed by atoms with E-state index in [1.54, 1.807) is 0 Å². The van der Waals surface area contributed by atoms with E-state index in [9.17, 15) is 9.59 Å². The van der Waals surface area contributed by atoms with Gasteiger partial charge in [-0.25, -0.2) is 0 Å². The summed E-state index contributed by atoms with van der Waals surface area (Å²) in [6, 6.07) is 0.0680. The van der Waals surface area contributed by atoms with E-state index in [1.165, 1.54) is 6.92 Å². The first-order chi connectivity index (χ1) is 8.95. The Hall–Kier alpha value is -0.940. The quantitative estimate of drug-likeness (QED) is 0.702. The van der Waals surface area contributed by atoms with Crippen molar-refractivity contribution in [3.63, 3.8) is 0 Å². The van der Waals surface area contributed by atoms with Gasteiger partial charge in [-0.15, -0.1) is 0 Å². The third-order valence-electron chi connectivity index (χ3n) is 3.72. The molecule has 19 heavy (non-hydrogen) atoms. The molecule has 1 aliphatic rings. The topological polar surface area (TPSA) is 61.4 Å². The maximum atomic E-state index is 12.1. The van der Waals surface area contributed by atoms with Crippen LogP contribution in [-0.2, 0) is 9.59 Å². The van der Waals surface area contributed by atoms with Crippen LogP contribution in [0.1, 0.15) is 34.1 Å². The van der Waals surface area contributed by atoms with Crippen molar-refractivity contribution in [1.82, 2.24) is 15.5 Å². The van der Waals surface area contributed by atoms with Crippen molar-refractivity contribution >= 4 is 11.7 Å². The highest BCUT2D eigenvalue weighted by molar-refractivity contribution is 5.88. The third kappa shape index (κ3) is 4.91. The summed E-state index contributed by atoms with van der Waals surface area (Å²) < 4.78 is 0. The average molecular weight is 269 g/mol. The molecule has 110 valence electrons. The Labute approximate surface area is 116 Å². The fraction of sp³-hybridized carbons (Fsp3) is 0.857. The van der Waals surface area contributed by atoms with Crippen molar-refractivity contribution in [2.45, 2.75) is 46.2 Å². The molecular formula is C14H27N3O2. The van der Waals surface area contributed by atoms with E-state index < -0.39 is 0 Å². The van der Waals surface area contributed by atoms with Crippen LogP contribution in [0.3, 0.4) is 0 Å². The molecule has 2 unspecified atom stereocenters. The molecule has 1 aliphatic heterocycles. The second-order valence-electron chi connectivity index (χ2n) is 5.61. The van der Waals surface area contributed by atoms with Gasteiger partial charge in [0.1, 0.15) is 0 Å². The molecule has 0 aromatic rings. The number of likely N-dealkylation sites (N-methyl/N-ethyl adjacent to an activating group) is 1. The number of rotatable bonds is 7. The molecule has 5 heteroatoms. The Balaban J connectivity index is 2.50. The van der Waals surface area contributed by atoms with E-state index in [4.69, 9.17) is 0 Å². The maximum Gasteiger partial charge on any atom is 0.234 e. The molecule has 1 rings (SSSR count). The zero-order valence-corrected chi connectivity index (χ0v) is 12.5. The molecule has 0 bridgehead atoms. The fourth-order valence-corrected chi connectivity index (χ4v) is 2.59. The highest BCUT2D eigenvalue weighted by Crippen LogP contribution is 2.08. The summed E-state index contributed by atoms with van der Waals surface area (Å²) in [7, 11) is 0. The fourth-order valence-electron chi connectivity index (χ4n) is 2.59. The van der Waals surface area contributed by atoms with E-state index >= 15 is 0 Å². The molecule has 0 aliphatic carbocycles. The van der Waals surface area contributed by atoms with Crippen molar-refractivity contribution in [3.05, 3.63) is 0 Å². The highest BCUT2D eigenvalue weighted by Gasteiger charge is 2.25. The van der Waals surface area contributed by atoms with Crippen molar-refractivity contribution in [2.75, 3.05) is 26.2 Å². The molecule has 1 amide bonds. The van der Waals surface area contributed by atoms with Crippen LogP contribution < -0.4 is 10.6 Å². The summed E-state index contributed by atoms with van der Waals surface area (Å²) >= 11 is 0. The van der Waals surface area contributed by atoms with Crippen molar-refractivity contribution < 1.29 is 9.59 Å². The van der Waals surface area contributed by atoms with Gasteiger partial charge >= 0.3 is 0 Å². The zero-order chi connectivity index (χ0) is 14.4. The largest absolute Gasteiger partial charge is 0.345 e. The van der Waals surface area contributed by atoms with Gasteiger partial charge in [-0.05, 0) is 32.4 Å². The van der Waals surface area contributed by atoms with Crippen LogP contribution in [0, 0.1) is 5.92 Å². The third-order valence-corrected chi connectivity index (χ3v) is 3.72. The predicted octanol–water partition coefficient (Wildman–Crippen LogP) is 0.400. The normalized spacial score (nSPS) is 20.8. The number of carbonyl (C=O) groups excluding carboxylic acids is 2. The number of carbonyl (C=O) groups is 2. The average Bonchev–Trinajstić information content (AvgIpc) is 2.85. The van der Waals surface area contributed by atoms with Crippen LogP contribution in [0.2, 0.25) is 0 Å². The first kappa shape index (κ1) is 16.1. The molecule has 0 spiro atoms. The van der Waals surface area contributed by atoms with Crippen LogP contribution in [0.15, 0.2) is 0 Å². The minimum absolute atomic E-state index is 0.0222. The van der Waals surface area contributed by atoms with Gasteiger partial charge in [-0.1, -0.05) is 20.8 Å². The lowest BCUT2D eigenvalue weighted by atomic mass is 10.0. The molecular weight excluding hydrogens is 242 g/mol. The number of Topliss-reactive ketones (excluding diaryl/α,β-unsaturated/α-hetero) is 1. The van der Waals surface area contributed by atoms with Gasteiger partial charge < -0.3 is 10.6 Å². The summed E-state index contributed by atoms with van der Waals surface area (Å²) in [5.74, 6) is 0.0984. The minimum atomic E-state index is -0.368. The zero-order valence-electron chi connectivity index (χ0n) is 12.5. The van der Waals surface area contributed by atoms with Gasteiger partial charge in [0.05, 0.1) is 12.6 Å². The van der Waals surface area contributed by atoms with Crippen LogP contribution >= 0.6 is 0 Å². The molecule has 0 aromatic carbocycles. The van der Waals surface area contributed by atoms with Gasteiger partial charge in [-0.3, -0.25) is 14.5 Å². The van der Waals surface area contributed by atoms with Crippen LogP contribution in [-0.4, -0.2) is 54.9 Å². The summed E-state index contributed by atoms with van der Waals surface area (Å²) in [6.45, 7) is 10.7. The lowest BCUT2D eigenvalue weighted by molar-refractivity contribution is -0.128. The van der Waals surface area contributed by atoms with E-state index in [2.05, 4.69) is 22.5 Å². The van der Waals surface area contributed by atoms with E-state index in [0.29, 0.717) is 12.6 Å². The molecule has 1 fully saturated rings. The molecule has 0 radical (unpaired) electrons.